The maximum absolute atomic E-state index is 13.9. The second kappa shape index (κ2) is 7.97. The van der Waals surface area contributed by atoms with E-state index in [1.807, 2.05) is 42.5 Å². The van der Waals surface area contributed by atoms with Crippen molar-refractivity contribution in [2.75, 3.05) is 0 Å². The molecule has 0 aliphatic carbocycles. The third-order valence-electron chi connectivity index (χ3n) is 4.60. The van der Waals surface area contributed by atoms with Crippen LogP contribution in [0.1, 0.15) is 15.9 Å². The van der Waals surface area contributed by atoms with Crippen molar-refractivity contribution in [3.05, 3.63) is 111 Å². The summed E-state index contributed by atoms with van der Waals surface area (Å²) in [7, 11) is 0. The number of hydrogen-bond acceptors (Lipinski definition) is 2. The maximum Gasteiger partial charge on any atom is 0.260 e. The minimum absolute atomic E-state index is 0.0226. The van der Waals surface area contributed by atoms with Gasteiger partial charge in [0.2, 0.25) is 0 Å². The second-order valence-corrected chi connectivity index (χ2v) is 7.39. The quantitative estimate of drug-likeness (QED) is 0.308. The van der Waals surface area contributed by atoms with Gasteiger partial charge in [0.1, 0.15) is 5.82 Å². The number of carbonyl (C=O) groups is 1. The first-order valence-corrected chi connectivity index (χ1v) is 9.72. The van der Waals surface area contributed by atoms with Crippen LogP contribution in [0.15, 0.2) is 88.1 Å². The average molecular weight is 448 g/mol. The first-order chi connectivity index (χ1) is 14.0. The lowest BCUT2D eigenvalue weighted by Crippen LogP contribution is -2.18. The van der Waals surface area contributed by atoms with Gasteiger partial charge in [-0.05, 0) is 42.0 Å². The molecule has 1 N–H and O–H groups in total. The highest BCUT2D eigenvalue weighted by Gasteiger charge is 2.19. The Bertz CT molecular complexity index is 1310. The Morgan fingerprint density at radius 1 is 0.966 bits per heavy atom. The van der Waals surface area contributed by atoms with Gasteiger partial charge in [0.25, 0.3) is 5.56 Å². The molecule has 0 bridgehead atoms. The van der Waals surface area contributed by atoms with Crippen LogP contribution < -0.4 is 5.56 Å². The Balaban J connectivity index is 1.94. The summed E-state index contributed by atoms with van der Waals surface area (Å²) >= 11 is 3.46. The van der Waals surface area contributed by atoms with Gasteiger partial charge in [-0.2, -0.15) is 0 Å². The minimum Gasteiger partial charge on any atom is -0.321 e. The lowest BCUT2D eigenvalue weighted by Gasteiger charge is -2.12. The van der Waals surface area contributed by atoms with Crippen molar-refractivity contribution in [1.29, 1.82) is 0 Å². The number of nitrogens with one attached hydrogen (secondary N) is 1. The van der Waals surface area contributed by atoms with Crippen molar-refractivity contribution in [3.63, 3.8) is 0 Å². The summed E-state index contributed by atoms with van der Waals surface area (Å²) in [6.45, 7) is 0. The molecule has 4 rings (SSSR count). The molecule has 0 spiro atoms. The summed E-state index contributed by atoms with van der Waals surface area (Å²) in [6.07, 6.45) is 2.62. The number of fused-ring (bicyclic) bond motifs is 1. The summed E-state index contributed by atoms with van der Waals surface area (Å²) in [5.41, 5.74) is 1.75. The molecule has 0 unspecified atom stereocenters. The van der Waals surface area contributed by atoms with Crippen molar-refractivity contribution in [3.8, 4) is 11.1 Å². The molecule has 0 atom stereocenters. The van der Waals surface area contributed by atoms with Crippen LogP contribution in [0.3, 0.4) is 0 Å². The lowest BCUT2D eigenvalue weighted by atomic mass is 9.94. The highest BCUT2D eigenvalue weighted by atomic mass is 79.9. The minimum atomic E-state index is -0.491. The summed E-state index contributed by atoms with van der Waals surface area (Å²) in [4.78, 5) is 28.6. The molecule has 1 heterocycles. The Morgan fingerprint density at radius 3 is 2.45 bits per heavy atom. The zero-order valence-corrected chi connectivity index (χ0v) is 16.7. The van der Waals surface area contributed by atoms with E-state index in [9.17, 15) is 14.0 Å². The molecule has 0 aliphatic rings. The highest BCUT2D eigenvalue weighted by molar-refractivity contribution is 9.10. The molecule has 1 aromatic heterocycles. The van der Waals surface area contributed by atoms with Gasteiger partial charge in [-0.3, -0.25) is 9.59 Å². The van der Waals surface area contributed by atoms with E-state index in [-0.39, 0.29) is 11.1 Å². The van der Waals surface area contributed by atoms with Crippen molar-refractivity contribution in [1.82, 2.24) is 4.98 Å². The van der Waals surface area contributed by atoms with Crippen LogP contribution in [0, 0.1) is 5.82 Å². The largest absolute Gasteiger partial charge is 0.321 e. The van der Waals surface area contributed by atoms with Crippen LogP contribution in [-0.4, -0.2) is 10.8 Å². The number of rotatable bonds is 4. The molecule has 0 radical (unpaired) electrons. The van der Waals surface area contributed by atoms with E-state index in [2.05, 4.69) is 20.9 Å². The second-order valence-electron chi connectivity index (χ2n) is 6.48. The van der Waals surface area contributed by atoms with Gasteiger partial charge in [-0.15, -0.1) is 0 Å². The fraction of sp³-hybridized carbons (Fsp3) is 0. The topological polar surface area (TPSA) is 49.9 Å². The molecular weight excluding hydrogens is 433 g/mol. The van der Waals surface area contributed by atoms with E-state index < -0.39 is 17.2 Å². The number of allylic oxidation sites excluding steroid dienone is 1. The molecule has 3 aromatic carbocycles. The number of ketones is 1. The summed E-state index contributed by atoms with van der Waals surface area (Å²) in [6, 6.07) is 20.9. The molecule has 4 aromatic rings. The smallest absolute Gasteiger partial charge is 0.260 e. The van der Waals surface area contributed by atoms with Crippen molar-refractivity contribution < 1.29 is 9.18 Å². The molecule has 5 heteroatoms. The molecule has 0 saturated carbocycles. The monoisotopic (exact) mass is 447 g/mol. The molecule has 29 heavy (non-hydrogen) atoms. The van der Waals surface area contributed by atoms with Gasteiger partial charge in [0.15, 0.2) is 5.78 Å². The number of aromatic nitrogens is 1. The van der Waals surface area contributed by atoms with Crippen LogP contribution in [0.5, 0.6) is 0 Å². The van der Waals surface area contributed by atoms with Gasteiger partial charge in [-0.25, -0.2) is 4.39 Å². The van der Waals surface area contributed by atoms with Crippen LogP contribution in [0.2, 0.25) is 0 Å². The predicted octanol–water partition coefficient (Wildman–Crippen LogP) is 5.99. The molecule has 3 nitrogen and oxygen atoms in total. The Morgan fingerprint density at radius 2 is 1.69 bits per heavy atom. The predicted molar refractivity (Wildman–Crippen MR) is 117 cm³/mol. The Kier molecular flexibility index (Phi) is 5.23. The van der Waals surface area contributed by atoms with Gasteiger partial charge < -0.3 is 4.98 Å². The molecular formula is C24H15BrFNO2. The Hall–Kier alpha value is -3.31. The third kappa shape index (κ3) is 3.82. The number of aromatic amines is 1. The van der Waals surface area contributed by atoms with E-state index in [4.69, 9.17) is 0 Å². The van der Waals surface area contributed by atoms with Gasteiger partial charge in [0, 0.05) is 26.5 Å². The summed E-state index contributed by atoms with van der Waals surface area (Å²) in [5.74, 6) is -0.925. The van der Waals surface area contributed by atoms with E-state index in [0.717, 1.165) is 15.4 Å². The van der Waals surface area contributed by atoms with Crippen molar-refractivity contribution in [2.45, 2.75) is 0 Å². The van der Waals surface area contributed by atoms with Crippen molar-refractivity contribution in [2.24, 2.45) is 0 Å². The van der Waals surface area contributed by atoms with Crippen LogP contribution in [-0.2, 0) is 0 Å². The van der Waals surface area contributed by atoms with E-state index in [0.29, 0.717) is 11.1 Å². The zero-order valence-electron chi connectivity index (χ0n) is 15.2. The first kappa shape index (κ1) is 19.0. The first-order valence-electron chi connectivity index (χ1n) is 8.92. The normalized spacial score (nSPS) is 11.2. The number of benzene rings is 3. The fourth-order valence-corrected chi connectivity index (χ4v) is 3.63. The molecule has 0 saturated heterocycles. The lowest BCUT2D eigenvalue weighted by molar-refractivity contribution is 0.104. The van der Waals surface area contributed by atoms with Gasteiger partial charge in [-0.1, -0.05) is 64.5 Å². The molecule has 0 amide bonds. The van der Waals surface area contributed by atoms with Crippen LogP contribution >= 0.6 is 15.9 Å². The van der Waals surface area contributed by atoms with Gasteiger partial charge >= 0.3 is 0 Å². The third-order valence-corrected chi connectivity index (χ3v) is 5.10. The average Bonchev–Trinajstić information content (AvgIpc) is 2.73. The number of H-pyrrole nitrogens is 1. The number of hydrogen-bond donors (Lipinski definition) is 1. The van der Waals surface area contributed by atoms with E-state index in [1.54, 1.807) is 24.3 Å². The number of pyridine rings is 1. The SMILES string of the molecule is O=C(/C=C/c1ccccc1F)c1c(-c2ccccc2)c2cc(Br)ccc2[nH]c1=O. The summed E-state index contributed by atoms with van der Waals surface area (Å²) < 4.78 is 14.7. The molecule has 142 valence electrons. The highest BCUT2D eigenvalue weighted by Crippen LogP contribution is 2.31. The molecule has 0 fully saturated rings. The van der Waals surface area contributed by atoms with Crippen LogP contribution in [0.25, 0.3) is 28.1 Å². The van der Waals surface area contributed by atoms with E-state index in [1.165, 1.54) is 18.2 Å². The molecule has 0 aliphatic heterocycles. The summed E-state index contributed by atoms with van der Waals surface area (Å²) in [5, 5.41) is 0.743. The van der Waals surface area contributed by atoms with Gasteiger partial charge in [0.05, 0.1) is 5.56 Å². The standard InChI is InChI=1S/C24H15BrFNO2/c25-17-11-12-20-18(14-17)22(16-7-2-1-3-8-16)23(24(29)27-20)21(28)13-10-15-6-4-5-9-19(15)26/h1-14H,(H,27,29)/b13-10+. The maximum atomic E-state index is 13.9. The van der Waals surface area contributed by atoms with Crippen molar-refractivity contribution >= 4 is 38.7 Å². The Labute approximate surface area is 174 Å². The number of halogens is 2. The fourth-order valence-electron chi connectivity index (χ4n) is 3.26. The van der Waals surface area contributed by atoms with Crippen LogP contribution in [0.4, 0.5) is 4.39 Å². The zero-order chi connectivity index (χ0) is 20.4. The van der Waals surface area contributed by atoms with E-state index >= 15 is 0 Å². The number of carbonyl (C=O) groups excluding carboxylic acids is 1.